The fraction of sp³-hybridized carbons (Fsp3) is 0.222. The van der Waals surface area contributed by atoms with E-state index in [1.807, 2.05) is 48.5 Å². The van der Waals surface area contributed by atoms with Crippen molar-refractivity contribution in [1.82, 2.24) is 0 Å². The fourth-order valence-corrected chi connectivity index (χ4v) is 2.93. The molecule has 3 rings (SSSR count). The molecule has 0 radical (unpaired) electrons. The number of fused-ring (bicyclic) bond motifs is 1. The quantitative estimate of drug-likeness (QED) is 0.884. The number of ketones is 2. The summed E-state index contributed by atoms with van der Waals surface area (Å²) in [7, 11) is 0. The Bertz CT molecular complexity index is 710. The molecule has 0 spiro atoms. The summed E-state index contributed by atoms with van der Waals surface area (Å²) in [6.45, 7) is 2.79. The second kappa shape index (κ2) is 5.30. The molecule has 1 aliphatic heterocycles. The van der Waals surface area contributed by atoms with E-state index in [9.17, 15) is 9.59 Å². The molecule has 0 amide bonds. The van der Waals surface area contributed by atoms with E-state index in [1.165, 1.54) is 13.8 Å². The Balaban J connectivity index is 2.20. The van der Waals surface area contributed by atoms with Crippen molar-refractivity contribution in [3.8, 4) is 5.75 Å². The van der Waals surface area contributed by atoms with Crippen LogP contribution in [0.5, 0.6) is 5.75 Å². The summed E-state index contributed by atoms with van der Waals surface area (Å²) in [5, 5.41) is 3.30. The largest absolute Gasteiger partial charge is 0.467 e. The topological polar surface area (TPSA) is 55.4 Å². The van der Waals surface area contributed by atoms with Crippen LogP contribution < -0.4 is 10.1 Å². The normalized spacial score (nSPS) is 18.5. The van der Waals surface area contributed by atoms with Crippen LogP contribution in [0.1, 0.15) is 25.5 Å². The first-order chi connectivity index (χ1) is 10.6. The molecule has 1 atom stereocenters. The molecule has 2 aromatic rings. The van der Waals surface area contributed by atoms with Crippen molar-refractivity contribution < 1.29 is 14.3 Å². The lowest BCUT2D eigenvalue weighted by Gasteiger charge is -2.42. The van der Waals surface area contributed by atoms with Gasteiger partial charge in [-0.1, -0.05) is 42.5 Å². The number of hydrogen-bond donors (Lipinski definition) is 1. The van der Waals surface area contributed by atoms with Gasteiger partial charge in [-0.15, -0.1) is 0 Å². The summed E-state index contributed by atoms with van der Waals surface area (Å²) in [6.07, 6.45) is 0. The van der Waals surface area contributed by atoms with Crippen LogP contribution in [0.4, 0.5) is 5.69 Å². The van der Waals surface area contributed by atoms with Gasteiger partial charge in [0, 0.05) is 0 Å². The third-order valence-electron chi connectivity index (χ3n) is 4.04. The number of Topliss-reactive ketones (excluding diaryl/α,β-unsaturated/α-hetero) is 2. The van der Waals surface area contributed by atoms with E-state index in [0.29, 0.717) is 5.75 Å². The molecule has 0 saturated carbocycles. The molecule has 1 N–H and O–H groups in total. The fourth-order valence-electron chi connectivity index (χ4n) is 2.93. The van der Waals surface area contributed by atoms with Gasteiger partial charge >= 0.3 is 0 Å². The molecule has 0 saturated heterocycles. The number of nitrogens with one attached hydrogen (secondary N) is 1. The lowest BCUT2D eigenvalue weighted by Crippen LogP contribution is -2.58. The average molecular weight is 295 g/mol. The number of rotatable bonds is 3. The highest BCUT2D eigenvalue weighted by Gasteiger charge is 2.53. The summed E-state index contributed by atoms with van der Waals surface area (Å²) < 4.78 is 5.95. The molecule has 1 unspecified atom stereocenters. The van der Waals surface area contributed by atoms with Crippen molar-refractivity contribution in [2.24, 2.45) is 0 Å². The number of ether oxygens (including phenoxy) is 1. The highest BCUT2D eigenvalue weighted by Crippen LogP contribution is 2.43. The van der Waals surface area contributed by atoms with E-state index in [1.54, 1.807) is 6.07 Å². The van der Waals surface area contributed by atoms with E-state index in [-0.39, 0.29) is 11.6 Å². The Labute approximate surface area is 129 Å². The zero-order valence-corrected chi connectivity index (χ0v) is 12.5. The van der Waals surface area contributed by atoms with Crippen molar-refractivity contribution in [1.29, 1.82) is 0 Å². The van der Waals surface area contributed by atoms with Crippen LogP contribution in [-0.2, 0) is 9.59 Å². The predicted molar refractivity (Wildman–Crippen MR) is 84.0 cm³/mol. The lowest BCUT2D eigenvalue weighted by molar-refractivity contribution is -0.147. The molecule has 112 valence electrons. The summed E-state index contributed by atoms with van der Waals surface area (Å²) in [4.78, 5) is 24.7. The first kappa shape index (κ1) is 14.3. The molecule has 0 aliphatic carbocycles. The minimum absolute atomic E-state index is 0.309. The van der Waals surface area contributed by atoms with Crippen LogP contribution in [0.15, 0.2) is 54.6 Å². The molecule has 0 fully saturated rings. The summed E-state index contributed by atoms with van der Waals surface area (Å²) in [5.41, 5.74) is 0.0623. The van der Waals surface area contributed by atoms with E-state index in [0.717, 1.165) is 11.3 Å². The smallest absolute Gasteiger partial charge is 0.247 e. The highest BCUT2D eigenvalue weighted by molar-refractivity contribution is 6.11. The molecule has 0 bridgehead atoms. The van der Waals surface area contributed by atoms with Gasteiger partial charge in [-0.2, -0.15) is 0 Å². The predicted octanol–water partition coefficient (Wildman–Crippen LogP) is 3.15. The summed E-state index contributed by atoms with van der Waals surface area (Å²) in [6, 6.07) is 16.2. The molecule has 0 aromatic heterocycles. The number of benzene rings is 2. The molecule has 4 nitrogen and oxygen atoms in total. The van der Waals surface area contributed by atoms with Gasteiger partial charge in [0.25, 0.3) is 0 Å². The van der Waals surface area contributed by atoms with Crippen LogP contribution in [0.3, 0.4) is 0 Å². The maximum absolute atomic E-state index is 12.4. The minimum Gasteiger partial charge on any atom is -0.467 e. The van der Waals surface area contributed by atoms with Crippen molar-refractivity contribution in [3.63, 3.8) is 0 Å². The van der Waals surface area contributed by atoms with Gasteiger partial charge in [0.05, 0.1) is 5.69 Å². The van der Waals surface area contributed by atoms with E-state index < -0.39 is 11.6 Å². The molecule has 1 aliphatic rings. The molecular weight excluding hydrogens is 278 g/mol. The van der Waals surface area contributed by atoms with Gasteiger partial charge in [-0.25, -0.2) is 0 Å². The number of para-hydroxylation sites is 2. The SMILES string of the molecule is CC(=O)C1(C(C)=O)Oc2ccccc2NC1c1ccccc1. The third kappa shape index (κ3) is 2.08. The van der Waals surface area contributed by atoms with Crippen molar-refractivity contribution in [3.05, 3.63) is 60.2 Å². The van der Waals surface area contributed by atoms with Gasteiger partial charge in [-0.3, -0.25) is 9.59 Å². The first-order valence-corrected chi connectivity index (χ1v) is 7.17. The summed E-state index contributed by atoms with van der Waals surface area (Å²) in [5.74, 6) is -0.105. The molecule has 2 aromatic carbocycles. The highest BCUT2D eigenvalue weighted by atomic mass is 16.5. The molecule has 22 heavy (non-hydrogen) atoms. The van der Waals surface area contributed by atoms with Crippen LogP contribution in [0, 0.1) is 0 Å². The Morgan fingerprint density at radius 1 is 0.955 bits per heavy atom. The zero-order valence-electron chi connectivity index (χ0n) is 12.5. The number of hydrogen-bond acceptors (Lipinski definition) is 4. The van der Waals surface area contributed by atoms with E-state index in [4.69, 9.17) is 4.74 Å². The van der Waals surface area contributed by atoms with Crippen LogP contribution in [0.25, 0.3) is 0 Å². The van der Waals surface area contributed by atoms with Crippen molar-refractivity contribution >= 4 is 17.3 Å². The lowest BCUT2D eigenvalue weighted by atomic mass is 9.80. The maximum Gasteiger partial charge on any atom is 0.247 e. The van der Waals surface area contributed by atoms with Crippen molar-refractivity contribution in [2.75, 3.05) is 5.32 Å². The molecule has 1 heterocycles. The van der Waals surface area contributed by atoms with Crippen LogP contribution in [-0.4, -0.2) is 17.2 Å². The zero-order chi connectivity index (χ0) is 15.7. The Kier molecular flexibility index (Phi) is 3.45. The Hall–Kier alpha value is -2.62. The van der Waals surface area contributed by atoms with Gasteiger partial charge in [0.2, 0.25) is 5.60 Å². The first-order valence-electron chi connectivity index (χ1n) is 7.17. The maximum atomic E-state index is 12.4. The average Bonchev–Trinajstić information content (AvgIpc) is 2.53. The molecular formula is C18H17NO3. The Morgan fingerprint density at radius 2 is 1.55 bits per heavy atom. The monoisotopic (exact) mass is 295 g/mol. The second-order valence-electron chi connectivity index (χ2n) is 5.43. The number of anilines is 1. The minimum atomic E-state index is -1.55. The summed E-state index contributed by atoms with van der Waals surface area (Å²) >= 11 is 0. The van der Waals surface area contributed by atoms with E-state index >= 15 is 0 Å². The Morgan fingerprint density at radius 3 is 2.18 bits per heavy atom. The van der Waals surface area contributed by atoms with Gasteiger partial charge in [0.15, 0.2) is 11.6 Å². The van der Waals surface area contributed by atoms with E-state index in [2.05, 4.69) is 5.32 Å². The molecule has 4 heteroatoms. The van der Waals surface area contributed by atoms with Gasteiger partial charge < -0.3 is 10.1 Å². The van der Waals surface area contributed by atoms with Gasteiger partial charge in [0.1, 0.15) is 11.8 Å². The van der Waals surface area contributed by atoms with Crippen molar-refractivity contribution in [2.45, 2.75) is 25.5 Å². The third-order valence-corrected chi connectivity index (χ3v) is 4.04. The van der Waals surface area contributed by atoms with Crippen LogP contribution in [0.2, 0.25) is 0 Å². The van der Waals surface area contributed by atoms with Crippen LogP contribution >= 0.6 is 0 Å². The second-order valence-corrected chi connectivity index (χ2v) is 5.43. The number of carbonyl (C=O) groups is 2. The van der Waals surface area contributed by atoms with Gasteiger partial charge in [-0.05, 0) is 31.5 Å². The number of carbonyl (C=O) groups excluding carboxylic acids is 2. The standard InChI is InChI=1S/C18H17NO3/c1-12(20)18(13(2)21)17(14-8-4-3-5-9-14)19-15-10-6-7-11-16(15)22-18/h3-11,17,19H,1-2H3.